The van der Waals surface area contributed by atoms with Gasteiger partial charge in [0.05, 0.1) is 17.3 Å². The number of anilines is 2. The van der Waals surface area contributed by atoms with Crippen molar-refractivity contribution in [3.8, 4) is 0 Å². The lowest BCUT2D eigenvalue weighted by molar-refractivity contribution is -0.118. The number of fused-ring (bicyclic) bond motifs is 1. The van der Waals surface area contributed by atoms with Gasteiger partial charge in [-0.1, -0.05) is 22.9 Å². The number of hydrogen-bond acceptors (Lipinski definition) is 2. The molecule has 0 unspecified atom stereocenters. The van der Waals surface area contributed by atoms with Crippen molar-refractivity contribution in [2.75, 3.05) is 17.2 Å². The molecule has 0 aromatic heterocycles. The third-order valence-electron chi connectivity index (χ3n) is 2.35. The summed E-state index contributed by atoms with van der Waals surface area (Å²) in [7, 11) is 0. The maximum Gasteiger partial charge on any atom is 0.229 e. The van der Waals surface area contributed by atoms with Crippen molar-refractivity contribution in [3.63, 3.8) is 0 Å². The maximum absolute atomic E-state index is 11.6. The van der Waals surface area contributed by atoms with Crippen LogP contribution in [0.15, 0.2) is 21.1 Å². The van der Waals surface area contributed by atoms with E-state index in [4.69, 9.17) is 0 Å². The van der Waals surface area contributed by atoms with Crippen LogP contribution in [0.3, 0.4) is 0 Å². The standard InChI is InChI=1S/C10H10Br2N2O/c1-5-4-13-9-7(12)2-6(11)3-8(9)14-10(5)15/h2-3,5,13H,4H2,1H3,(H,14,15)/t5-/m0/s1. The van der Waals surface area contributed by atoms with E-state index in [-0.39, 0.29) is 11.8 Å². The third-order valence-corrected chi connectivity index (χ3v) is 3.43. The Balaban J connectivity index is 2.47. The first kappa shape index (κ1) is 11.0. The number of carbonyl (C=O) groups excluding carboxylic acids is 1. The Kier molecular flexibility index (Phi) is 3.02. The highest BCUT2D eigenvalue weighted by Gasteiger charge is 2.20. The molecule has 2 rings (SSSR count). The van der Waals surface area contributed by atoms with E-state index in [9.17, 15) is 4.79 Å². The second-order valence-corrected chi connectivity index (χ2v) is 5.35. The molecule has 1 aromatic carbocycles. The molecule has 5 heteroatoms. The first-order chi connectivity index (χ1) is 7.08. The quantitative estimate of drug-likeness (QED) is 0.765. The Morgan fingerprint density at radius 2 is 2.13 bits per heavy atom. The van der Waals surface area contributed by atoms with Crippen molar-refractivity contribution in [2.24, 2.45) is 5.92 Å². The number of halogens is 2. The van der Waals surface area contributed by atoms with Gasteiger partial charge in [0.1, 0.15) is 0 Å². The number of carbonyl (C=O) groups is 1. The Morgan fingerprint density at radius 1 is 1.40 bits per heavy atom. The van der Waals surface area contributed by atoms with Gasteiger partial charge in [0.2, 0.25) is 5.91 Å². The molecule has 2 N–H and O–H groups in total. The van der Waals surface area contributed by atoms with Gasteiger partial charge in [-0.15, -0.1) is 0 Å². The van der Waals surface area contributed by atoms with E-state index in [1.165, 1.54) is 0 Å². The molecule has 15 heavy (non-hydrogen) atoms. The van der Waals surface area contributed by atoms with E-state index in [2.05, 4.69) is 42.5 Å². The van der Waals surface area contributed by atoms with Crippen LogP contribution < -0.4 is 10.6 Å². The molecule has 80 valence electrons. The predicted molar refractivity (Wildman–Crippen MR) is 68.1 cm³/mol. The number of hydrogen-bond donors (Lipinski definition) is 2. The monoisotopic (exact) mass is 332 g/mol. The summed E-state index contributed by atoms with van der Waals surface area (Å²) in [5.41, 5.74) is 1.75. The van der Waals surface area contributed by atoms with Crippen LogP contribution in [0.2, 0.25) is 0 Å². The molecule has 1 aromatic rings. The van der Waals surface area contributed by atoms with E-state index < -0.39 is 0 Å². The molecule has 0 saturated carbocycles. The average molecular weight is 334 g/mol. The van der Waals surface area contributed by atoms with Gasteiger partial charge >= 0.3 is 0 Å². The van der Waals surface area contributed by atoms with Gasteiger partial charge in [-0.25, -0.2) is 0 Å². The number of rotatable bonds is 0. The molecule has 0 fully saturated rings. The van der Waals surface area contributed by atoms with Crippen LogP contribution in [0, 0.1) is 5.92 Å². The fourth-order valence-corrected chi connectivity index (χ4v) is 2.82. The predicted octanol–water partition coefficient (Wildman–Crippen LogP) is 3.21. The van der Waals surface area contributed by atoms with Crippen LogP contribution in [0.4, 0.5) is 11.4 Å². The summed E-state index contributed by atoms with van der Waals surface area (Å²) in [4.78, 5) is 11.6. The normalized spacial score (nSPS) is 19.9. The molecule has 0 aliphatic carbocycles. The molecule has 1 aliphatic heterocycles. The molecule has 1 amide bonds. The highest BCUT2D eigenvalue weighted by molar-refractivity contribution is 9.11. The van der Waals surface area contributed by atoms with Gasteiger partial charge in [-0.05, 0) is 28.1 Å². The molecule has 1 aliphatic rings. The van der Waals surface area contributed by atoms with Crippen LogP contribution in [-0.4, -0.2) is 12.5 Å². The van der Waals surface area contributed by atoms with E-state index in [0.29, 0.717) is 6.54 Å². The van der Waals surface area contributed by atoms with Crippen LogP contribution in [0.5, 0.6) is 0 Å². The highest BCUT2D eigenvalue weighted by atomic mass is 79.9. The summed E-state index contributed by atoms with van der Waals surface area (Å²) < 4.78 is 1.88. The lowest BCUT2D eigenvalue weighted by Gasteiger charge is -2.10. The van der Waals surface area contributed by atoms with Crippen molar-refractivity contribution < 1.29 is 4.79 Å². The second-order valence-electron chi connectivity index (χ2n) is 3.58. The van der Waals surface area contributed by atoms with Gasteiger partial charge in [-0.3, -0.25) is 4.79 Å². The smallest absolute Gasteiger partial charge is 0.229 e. The van der Waals surface area contributed by atoms with Crippen molar-refractivity contribution in [2.45, 2.75) is 6.92 Å². The molecule has 0 bridgehead atoms. The van der Waals surface area contributed by atoms with Gasteiger partial charge < -0.3 is 10.6 Å². The first-order valence-corrected chi connectivity index (χ1v) is 6.20. The zero-order valence-electron chi connectivity index (χ0n) is 8.10. The zero-order valence-corrected chi connectivity index (χ0v) is 11.3. The van der Waals surface area contributed by atoms with Crippen molar-refractivity contribution in [1.29, 1.82) is 0 Å². The summed E-state index contributed by atoms with van der Waals surface area (Å²) in [5.74, 6) is 0.0225. The highest BCUT2D eigenvalue weighted by Crippen LogP contribution is 2.36. The summed E-state index contributed by atoms with van der Waals surface area (Å²) in [5, 5.41) is 6.14. The lowest BCUT2D eigenvalue weighted by Crippen LogP contribution is -2.22. The van der Waals surface area contributed by atoms with Gasteiger partial charge in [0.15, 0.2) is 0 Å². The van der Waals surface area contributed by atoms with Gasteiger partial charge in [-0.2, -0.15) is 0 Å². The third kappa shape index (κ3) is 2.18. The minimum atomic E-state index is -0.0249. The average Bonchev–Trinajstić information content (AvgIpc) is 2.27. The zero-order chi connectivity index (χ0) is 11.0. The van der Waals surface area contributed by atoms with Crippen molar-refractivity contribution in [1.82, 2.24) is 0 Å². The van der Waals surface area contributed by atoms with Crippen molar-refractivity contribution >= 4 is 49.1 Å². The Morgan fingerprint density at radius 3 is 2.87 bits per heavy atom. The van der Waals surface area contributed by atoms with Crippen LogP contribution in [-0.2, 0) is 4.79 Å². The number of benzene rings is 1. The van der Waals surface area contributed by atoms with E-state index in [1.807, 2.05) is 19.1 Å². The molecule has 3 nitrogen and oxygen atoms in total. The van der Waals surface area contributed by atoms with E-state index in [0.717, 1.165) is 20.3 Å². The minimum absolute atomic E-state index is 0.0249. The Hall–Kier alpha value is -0.550. The van der Waals surface area contributed by atoms with Gasteiger partial charge in [0, 0.05) is 15.5 Å². The summed E-state index contributed by atoms with van der Waals surface area (Å²) in [6, 6.07) is 3.84. The molecule has 0 saturated heterocycles. The second kappa shape index (κ2) is 4.14. The molecule has 0 spiro atoms. The minimum Gasteiger partial charge on any atom is -0.382 e. The summed E-state index contributed by atoms with van der Waals surface area (Å²) in [6.45, 7) is 2.55. The number of nitrogens with one attached hydrogen (secondary N) is 2. The van der Waals surface area contributed by atoms with Crippen molar-refractivity contribution in [3.05, 3.63) is 21.1 Å². The Labute approximate surface area is 105 Å². The van der Waals surface area contributed by atoms with Gasteiger partial charge in [0.25, 0.3) is 0 Å². The fourth-order valence-electron chi connectivity index (χ4n) is 1.46. The molecule has 1 atom stereocenters. The lowest BCUT2D eigenvalue weighted by atomic mass is 10.2. The molecular weight excluding hydrogens is 324 g/mol. The molecule has 0 radical (unpaired) electrons. The SMILES string of the molecule is C[C@H]1CNc2c(Br)cc(Br)cc2NC1=O. The van der Waals surface area contributed by atoms with E-state index >= 15 is 0 Å². The van der Waals surface area contributed by atoms with Crippen LogP contribution in [0.25, 0.3) is 0 Å². The summed E-state index contributed by atoms with van der Waals surface area (Å²) in [6.07, 6.45) is 0. The Bertz CT molecular complexity index is 420. The fraction of sp³-hybridized carbons (Fsp3) is 0.300. The maximum atomic E-state index is 11.6. The number of amides is 1. The topological polar surface area (TPSA) is 41.1 Å². The first-order valence-electron chi connectivity index (χ1n) is 4.61. The van der Waals surface area contributed by atoms with Crippen LogP contribution >= 0.6 is 31.9 Å². The van der Waals surface area contributed by atoms with E-state index in [1.54, 1.807) is 0 Å². The molecule has 1 heterocycles. The largest absolute Gasteiger partial charge is 0.382 e. The van der Waals surface area contributed by atoms with Crippen LogP contribution in [0.1, 0.15) is 6.92 Å². The summed E-state index contributed by atoms with van der Waals surface area (Å²) >= 11 is 6.86. The molecular formula is C10H10Br2N2O.